The molecule has 0 heterocycles. The van der Waals surface area contributed by atoms with E-state index in [-0.39, 0.29) is 12.8 Å². The first-order valence-corrected chi connectivity index (χ1v) is 7.43. The molecule has 0 unspecified atom stereocenters. The predicted molar refractivity (Wildman–Crippen MR) is 77.6 cm³/mol. The lowest BCUT2D eigenvalue weighted by molar-refractivity contribution is -0.170. The van der Waals surface area contributed by atoms with E-state index in [0.717, 1.165) is 0 Å². The molecule has 0 aromatic heterocycles. The molecule has 6 N–H and O–H groups in total. The highest BCUT2D eigenvalue weighted by Crippen LogP contribution is 2.59. The Labute approximate surface area is 138 Å². The van der Waals surface area contributed by atoms with Gasteiger partial charge in [-0.05, 0) is 23.7 Å². The largest absolute Gasteiger partial charge is 0.481 e. The molecular formula is C14H22N2O8. The summed E-state index contributed by atoms with van der Waals surface area (Å²) in [6.45, 7) is 0. The van der Waals surface area contributed by atoms with Crippen LogP contribution in [-0.4, -0.2) is 34.1 Å². The van der Waals surface area contributed by atoms with Gasteiger partial charge < -0.3 is 19.9 Å². The SMILES string of the molecule is NOC(=O)C[C@@]1(CC(=O)O)CCCC[C@]1(CC(=O)O)CC(=O)ON. The van der Waals surface area contributed by atoms with Gasteiger partial charge in [0.1, 0.15) is 0 Å². The van der Waals surface area contributed by atoms with Crippen molar-refractivity contribution < 1.29 is 39.1 Å². The lowest BCUT2D eigenvalue weighted by Crippen LogP contribution is -2.50. The van der Waals surface area contributed by atoms with E-state index < -0.39 is 60.4 Å². The van der Waals surface area contributed by atoms with E-state index in [1.165, 1.54) is 0 Å². The second-order valence-corrected chi connectivity index (χ2v) is 6.24. The van der Waals surface area contributed by atoms with Crippen LogP contribution in [0.1, 0.15) is 51.4 Å². The zero-order chi connectivity index (χ0) is 18.4. The Kier molecular flexibility index (Phi) is 6.67. The zero-order valence-electron chi connectivity index (χ0n) is 13.2. The van der Waals surface area contributed by atoms with Crippen molar-refractivity contribution in [3.05, 3.63) is 0 Å². The van der Waals surface area contributed by atoms with Crippen LogP contribution in [0.25, 0.3) is 0 Å². The molecule has 136 valence electrons. The Morgan fingerprint density at radius 3 is 1.33 bits per heavy atom. The Balaban J connectivity index is 3.41. The van der Waals surface area contributed by atoms with Crippen LogP contribution in [0.2, 0.25) is 0 Å². The van der Waals surface area contributed by atoms with Gasteiger partial charge in [0.05, 0.1) is 25.7 Å². The summed E-state index contributed by atoms with van der Waals surface area (Å²) in [5, 5.41) is 18.6. The van der Waals surface area contributed by atoms with Gasteiger partial charge in [-0.1, -0.05) is 12.8 Å². The van der Waals surface area contributed by atoms with Gasteiger partial charge >= 0.3 is 23.9 Å². The Morgan fingerprint density at radius 1 is 0.750 bits per heavy atom. The number of hydrogen-bond acceptors (Lipinski definition) is 8. The standard InChI is InChI=1S/C14H22N2O8/c15-23-11(21)7-13(5-9(17)18)3-1-2-4-14(13,6-10(19)20)8-12(22)24-16/h1-8,15-16H2,(H,17,18)(H,19,20)/t13-,14-/m0/s1. The smallest absolute Gasteiger partial charge is 0.325 e. The van der Waals surface area contributed by atoms with E-state index in [1.54, 1.807) is 0 Å². The number of carboxylic acid groups (broad SMARTS) is 2. The summed E-state index contributed by atoms with van der Waals surface area (Å²) in [5.41, 5.74) is -2.58. The second kappa shape index (κ2) is 8.06. The van der Waals surface area contributed by atoms with Crippen LogP contribution in [0, 0.1) is 10.8 Å². The fraction of sp³-hybridized carbons (Fsp3) is 0.714. The number of rotatable bonds is 8. The van der Waals surface area contributed by atoms with E-state index in [2.05, 4.69) is 9.68 Å². The summed E-state index contributed by atoms with van der Waals surface area (Å²) in [7, 11) is 0. The molecule has 1 saturated carbocycles. The van der Waals surface area contributed by atoms with Crippen LogP contribution in [-0.2, 0) is 28.9 Å². The fourth-order valence-corrected chi connectivity index (χ4v) is 3.90. The van der Waals surface area contributed by atoms with Gasteiger partial charge in [-0.3, -0.25) is 19.2 Å². The third-order valence-corrected chi connectivity index (χ3v) is 4.89. The third-order valence-electron chi connectivity index (χ3n) is 4.89. The van der Waals surface area contributed by atoms with E-state index in [1.807, 2.05) is 0 Å². The minimum atomic E-state index is -1.29. The van der Waals surface area contributed by atoms with Crippen molar-refractivity contribution in [1.29, 1.82) is 0 Å². The Hall–Kier alpha value is -2.20. The van der Waals surface area contributed by atoms with Gasteiger partial charge in [0.15, 0.2) is 0 Å². The Bertz CT molecular complexity index is 477. The summed E-state index contributed by atoms with van der Waals surface area (Å²) in [6.07, 6.45) is -0.115. The van der Waals surface area contributed by atoms with Gasteiger partial charge in [0, 0.05) is 0 Å². The Morgan fingerprint density at radius 2 is 1.08 bits per heavy atom. The van der Waals surface area contributed by atoms with Crippen molar-refractivity contribution >= 4 is 23.9 Å². The van der Waals surface area contributed by atoms with Crippen LogP contribution < -0.4 is 11.8 Å². The number of carbonyl (C=O) groups is 4. The molecule has 0 amide bonds. The average molecular weight is 346 g/mol. The van der Waals surface area contributed by atoms with Crippen molar-refractivity contribution in [2.75, 3.05) is 0 Å². The molecule has 0 bridgehead atoms. The molecule has 1 fully saturated rings. The number of nitrogens with two attached hydrogens (primary N) is 2. The van der Waals surface area contributed by atoms with Gasteiger partial charge in [-0.15, -0.1) is 0 Å². The average Bonchev–Trinajstić information content (AvgIpc) is 2.48. The molecule has 1 aliphatic carbocycles. The fourth-order valence-electron chi connectivity index (χ4n) is 3.90. The zero-order valence-corrected chi connectivity index (χ0v) is 13.2. The van der Waals surface area contributed by atoms with Crippen molar-refractivity contribution in [2.45, 2.75) is 51.4 Å². The summed E-state index contributed by atoms with van der Waals surface area (Å²) in [4.78, 5) is 54.7. The van der Waals surface area contributed by atoms with Gasteiger partial charge in [0.25, 0.3) is 0 Å². The van der Waals surface area contributed by atoms with Gasteiger partial charge in [0.2, 0.25) is 0 Å². The molecule has 0 aromatic carbocycles. The minimum Gasteiger partial charge on any atom is -0.481 e. The quantitative estimate of drug-likeness (QED) is 0.440. The van der Waals surface area contributed by atoms with Crippen LogP contribution >= 0.6 is 0 Å². The molecule has 0 spiro atoms. The summed E-state index contributed by atoms with van der Waals surface area (Å²) >= 11 is 0. The molecule has 10 nitrogen and oxygen atoms in total. The first-order valence-electron chi connectivity index (χ1n) is 7.43. The maximum absolute atomic E-state index is 11.8. The van der Waals surface area contributed by atoms with Gasteiger partial charge in [-0.25, -0.2) is 0 Å². The maximum atomic E-state index is 11.8. The van der Waals surface area contributed by atoms with Crippen molar-refractivity contribution in [1.82, 2.24) is 0 Å². The van der Waals surface area contributed by atoms with Crippen LogP contribution in [0.15, 0.2) is 0 Å². The lowest BCUT2D eigenvalue weighted by Gasteiger charge is -2.52. The molecule has 2 atom stereocenters. The molecule has 0 aromatic rings. The highest BCUT2D eigenvalue weighted by atomic mass is 16.7. The molecule has 0 saturated heterocycles. The maximum Gasteiger partial charge on any atom is 0.325 e. The van der Waals surface area contributed by atoms with Crippen LogP contribution in [0.5, 0.6) is 0 Å². The molecule has 1 aliphatic rings. The highest BCUT2D eigenvalue weighted by molar-refractivity contribution is 5.77. The van der Waals surface area contributed by atoms with E-state index >= 15 is 0 Å². The van der Waals surface area contributed by atoms with Crippen molar-refractivity contribution in [2.24, 2.45) is 22.6 Å². The van der Waals surface area contributed by atoms with Crippen molar-refractivity contribution in [3.63, 3.8) is 0 Å². The summed E-state index contributed by atoms with van der Waals surface area (Å²) < 4.78 is 0. The van der Waals surface area contributed by atoms with E-state index in [9.17, 15) is 29.4 Å². The topological polar surface area (TPSA) is 179 Å². The normalized spacial score (nSPS) is 26.4. The van der Waals surface area contributed by atoms with Crippen LogP contribution in [0.4, 0.5) is 0 Å². The second-order valence-electron chi connectivity index (χ2n) is 6.24. The summed E-state index contributed by atoms with van der Waals surface area (Å²) in [6, 6.07) is 0. The van der Waals surface area contributed by atoms with Gasteiger partial charge in [-0.2, -0.15) is 11.8 Å². The summed E-state index contributed by atoms with van der Waals surface area (Å²) in [5.74, 6) is 5.59. The molecule has 24 heavy (non-hydrogen) atoms. The molecule has 10 heteroatoms. The van der Waals surface area contributed by atoms with E-state index in [4.69, 9.17) is 11.8 Å². The van der Waals surface area contributed by atoms with Crippen molar-refractivity contribution in [3.8, 4) is 0 Å². The molecule has 0 radical (unpaired) electrons. The predicted octanol–water partition coefficient (Wildman–Crippen LogP) is 0.0966. The van der Waals surface area contributed by atoms with E-state index in [0.29, 0.717) is 12.8 Å². The van der Waals surface area contributed by atoms with Crippen LogP contribution in [0.3, 0.4) is 0 Å². The molecule has 1 rings (SSSR count). The number of hydrogen-bond donors (Lipinski definition) is 4. The number of carbonyl (C=O) groups excluding carboxylic acids is 2. The first-order chi connectivity index (χ1) is 11.2. The molecule has 0 aliphatic heterocycles. The third kappa shape index (κ3) is 4.42. The monoisotopic (exact) mass is 346 g/mol. The number of aliphatic carboxylic acids is 2. The number of carboxylic acids is 2. The minimum absolute atomic E-state index is 0.250. The molecular weight excluding hydrogens is 324 g/mol. The first kappa shape index (κ1) is 19.8. The highest BCUT2D eigenvalue weighted by Gasteiger charge is 2.56. The lowest BCUT2D eigenvalue weighted by atomic mass is 9.50.